The summed E-state index contributed by atoms with van der Waals surface area (Å²) in [6, 6.07) is 20.4. The molecule has 0 aliphatic carbocycles. The first-order chi connectivity index (χ1) is 17.6. The number of benzene rings is 3. The minimum atomic E-state index is -0.0973. The molecule has 1 amide bonds. The van der Waals surface area contributed by atoms with Crippen molar-refractivity contribution in [3.05, 3.63) is 99.6 Å². The Morgan fingerprint density at radius 2 is 1.94 bits per heavy atom. The van der Waals surface area contributed by atoms with Crippen LogP contribution in [0.5, 0.6) is 0 Å². The van der Waals surface area contributed by atoms with Crippen molar-refractivity contribution in [3.63, 3.8) is 0 Å². The van der Waals surface area contributed by atoms with E-state index in [1.807, 2.05) is 41.6 Å². The summed E-state index contributed by atoms with van der Waals surface area (Å²) in [5.74, 6) is 0.513. The lowest BCUT2D eigenvalue weighted by Gasteiger charge is -2.37. The van der Waals surface area contributed by atoms with Crippen LogP contribution in [0.3, 0.4) is 0 Å². The highest BCUT2D eigenvalue weighted by atomic mass is 32.1. The maximum Gasteiger partial charge on any atom is 0.254 e. The molecule has 2 atom stereocenters. The van der Waals surface area contributed by atoms with Crippen LogP contribution in [-0.4, -0.2) is 20.8 Å². The number of fused-ring (bicyclic) bond motifs is 5. The number of rotatable bonds is 2. The number of thiazole rings is 1. The first-order valence-corrected chi connectivity index (χ1v) is 13.0. The zero-order valence-electron chi connectivity index (χ0n) is 19.8. The Morgan fingerprint density at radius 3 is 2.83 bits per heavy atom. The third kappa shape index (κ3) is 3.31. The summed E-state index contributed by atoms with van der Waals surface area (Å²) in [7, 11) is 0. The summed E-state index contributed by atoms with van der Waals surface area (Å²) in [4.78, 5) is 25.2. The minimum absolute atomic E-state index is 0.00677. The molecule has 7 rings (SSSR count). The van der Waals surface area contributed by atoms with Gasteiger partial charge in [0.15, 0.2) is 0 Å². The van der Waals surface area contributed by atoms with Gasteiger partial charge in [0, 0.05) is 23.1 Å². The Balaban J connectivity index is 1.33. The van der Waals surface area contributed by atoms with E-state index in [9.17, 15) is 4.79 Å². The van der Waals surface area contributed by atoms with Crippen molar-refractivity contribution in [2.75, 3.05) is 5.73 Å². The van der Waals surface area contributed by atoms with Crippen LogP contribution in [0.25, 0.3) is 21.1 Å². The molecule has 2 aliphatic heterocycles. The number of aromatic nitrogens is 2. The van der Waals surface area contributed by atoms with Gasteiger partial charge in [-0.05, 0) is 65.9 Å². The van der Waals surface area contributed by atoms with Gasteiger partial charge in [-0.1, -0.05) is 30.3 Å². The number of nitrogen functional groups attached to an aromatic ring is 1. The number of hydrogen-bond acceptors (Lipinski definition) is 6. The van der Waals surface area contributed by atoms with Crippen molar-refractivity contribution in [2.24, 2.45) is 0 Å². The minimum Gasteiger partial charge on any atom is -0.383 e. The highest BCUT2D eigenvalue weighted by molar-refractivity contribution is 7.16. The van der Waals surface area contributed by atoms with Gasteiger partial charge in [-0.25, -0.2) is 9.97 Å². The van der Waals surface area contributed by atoms with E-state index in [4.69, 9.17) is 10.5 Å². The van der Waals surface area contributed by atoms with Gasteiger partial charge in [0.25, 0.3) is 5.91 Å². The van der Waals surface area contributed by atoms with Gasteiger partial charge < -0.3 is 15.4 Å². The second kappa shape index (κ2) is 8.11. The van der Waals surface area contributed by atoms with E-state index in [2.05, 4.69) is 46.4 Å². The molecule has 2 aliphatic rings. The van der Waals surface area contributed by atoms with Gasteiger partial charge in [-0.15, -0.1) is 11.3 Å². The largest absolute Gasteiger partial charge is 0.383 e. The number of nitrogens with zero attached hydrogens (tertiary/aromatic N) is 3. The van der Waals surface area contributed by atoms with Crippen molar-refractivity contribution in [1.82, 2.24) is 14.9 Å². The molecule has 36 heavy (non-hydrogen) atoms. The van der Waals surface area contributed by atoms with Crippen LogP contribution in [0.4, 0.5) is 5.82 Å². The predicted molar refractivity (Wildman–Crippen MR) is 142 cm³/mol. The molecule has 0 saturated carbocycles. The van der Waals surface area contributed by atoms with Gasteiger partial charge in [0.1, 0.15) is 5.82 Å². The molecule has 3 aromatic carbocycles. The topological polar surface area (TPSA) is 81.3 Å². The van der Waals surface area contributed by atoms with E-state index >= 15 is 0 Å². The summed E-state index contributed by atoms with van der Waals surface area (Å²) in [5, 5.41) is 0.937. The zero-order valence-corrected chi connectivity index (χ0v) is 20.6. The molecule has 2 N–H and O–H groups in total. The van der Waals surface area contributed by atoms with E-state index in [0.717, 1.165) is 44.2 Å². The van der Waals surface area contributed by atoms with Gasteiger partial charge in [-0.3, -0.25) is 4.79 Å². The molecular weight excluding hydrogens is 468 g/mol. The molecule has 0 saturated heterocycles. The fourth-order valence-corrected chi connectivity index (χ4v) is 6.34. The lowest BCUT2D eigenvalue weighted by atomic mass is 9.89. The molecule has 5 aromatic rings. The Morgan fingerprint density at radius 1 is 1.08 bits per heavy atom. The molecule has 6 nitrogen and oxygen atoms in total. The number of pyridine rings is 1. The van der Waals surface area contributed by atoms with Gasteiger partial charge in [0.05, 0.1) is 40.0 Å². The van der Waals surface area contributed by atoms with Gasteiger partial charge >= 0.3 is 0 Å². The van der Waals surface area contributed by atoms with Crippen molar-refractivity contribution >= 4 is 44.2 Å². The maximum atomic E-state index is 14.1. The zero-order chi connectivity index (χ0) is 24.4. The SMILES string of the molecule is CC1OCc2c1c(N)nc1ccc(C(=O)N3Cc4ccccc4CC3c3ccc4scnc4c3)cc21. The van der Waals surface area contributed by atoms with E-state index < -0.39 is 0 Å². The second-order valence-corrected chi connectivity index (χ2v) is 10.5. The van der Waals surface area contributed by atoms with Crippen LogP contribution in [0.1, 0.15) is 57.2 Å². The fraction of sp³-hybridized carbons (Fsp3) is 0.207. The number of anilines is 1. The molecule has 0 spiro atoms. The average Bonchev–Trinajstić information content (AvgIpc) is 3.54. The Kier molecular flexibility index (Phi) is 4.84. The van der Waals surface area contributed by atoms with Crippen LogP contribution in [-0.2, 0) is 24.3 Å². The number of amides is 1. The number of carbonyl (C=O) groups is 1. The van der Waals surface area contributed by atoms with Crippen LogP contribution in [0, 0.1) is 0 Å². The molecule has 178 valence electrons. The first-order valence-electron chi connectivity index (χ1n) is 12.1. The monoisotopic (exact) mass is 492 g/mol. The van der Waals surface area contributed by atoms with E-state index in [1.165, 1.54) is 11.1 Å². The normalized spacial score (nSPS) is 19.0. The van der Waals surface area contributed by atoms with Crippen LogP contribution in [0.15, 0.2) is 66.2 Å². The molecular formula is C29H24N4O2S. The Hall–Kier alpha value is -3.81. The fourth-order valence-electron chi connectivity index (χ4n) is 5.68. The summed E-state index contributed by atoms with van der Waals surface area (Å²) in [6.45, 7) is 3.02. The lowest BCUT2D eigenvalue weighted by molar-refractivity contribution is 0.0638. The van der Waals surface area contributed by atoms with Crippen molar-refractivity contribution in [3.8, 4) is 0 Å². The van der Waals surface area contributed by atoms with E-state index in [-0.39, 0.29) is 18.1 Å². The Labute approximate surface area is 212 Å². The number of hydrogen-bond donors (Lipinski definition) is 1. The standard InChI is InChI=1S/C29H24N4O2S/c1-16-27-22(14-35-16)21-10-19(6-8-23(21)32-28(27)30)29(34)33-13-20-5-3-2-4-17(20)12-25(33)18-7-9-26-24(11-18)31-15-36-26/h2-11,15-16,25H,12-14H2,1H3,(H2,30,32). The second-order valence-electron chi connectivity index (χ2n) is 9.58. The van der Waals surface area contributed by atoms with Crippen molar-refractivity contribution in [2.45, 2.75) is 38.6 Å². The predicted octanol–water partition coefficient (Wildman–Crippen LogP) is 5.96. The summed E-state index contributed by atoms with van der Waals surface area (Å²) in [5.41, 5.74) is 16.1. The van der Waals surface area contributed by atoms with Gasteiger partial charge in [0.2, 0.25) is 0 Å². The van der Waals surface area contributed by atoms with Crippen LogP contribution in [0.2, 0.25) is 0 Å². The van der Waals surface area contributed by atoms with Crippen LogP contribution >= 0.6 is 11.3 Å². The summed E-state index contributed by atoms with van der Waals surface area (Å²) < 4.78 is 7.00. The van der Waals surface area contributed by atoms with Crippen molar-refractivity contribution in [1.29, 1.82) is 0 Å². The summed E-state index contributed by atoms with van der Waals surface area (Å²) >= 11 is 1.63. The smallest absolute Gasteiger partial charge is 0.254 e. The Bertz CT molecular complexity index is 1680. The average molecular weight is 493 g/mol. The van der Waals surface area contributed by atoms with E-state index in [1.54, 1.807) is 11.3 Å². The third-order valence-electron chi connectivity index (χ3n) is 7.54. The quantitative estimate of drug-likeness (QED) is 0.329. The molecule has 2 aromatic heterocycles. The molecule has 2 unspecified atom stereocenters. The maximum absolute atomic E-state index is 14.1. The first kappa shape index (κ1) is 21.5. The van der Waals surface area contributed by atoms with Crippen molar-refractivity contribution < 1.29 is 9.53 Å². The molecule has 0 fully saturated rings. The number of nitrogens with two attached hydrogens (primary N) is 1. The molecule has 0 bridgehead atoms. The molecule has 7 heteroatoms. The summed E-state index contributed by atoms with van der Waals surface area (Å²) in [6.07, 6.45) is 0.670. The highest BCUT2D eigenvalue weighted by Gasteiger charge is 2.32. The highest BCUT2D eigenvalue weighted by Crippen LogP contribution is 2.39. The number of ether oxygens (including phenoxy) is 1. The van der Waals surface area contributed by atoms with Crippen LogP contribution < -0.4 is 5.73 Å². The van der Waals surface area contributed by atoms with Gasteiger partial charge in [-0.2, -0.15) is 0 Å². The van der Waals surface area contributed by atoms with E-state index in [0.29, 0.717) is 24.5 Å². The molecule has 0 radical (unpaired) electrons. The molecule has 4 heterocycles. The number of carbonyl (C=O) groups excluding carboxylic acids is 1. The third-order valence-corrected chi connectivity index (χ3v) is 8.35. The lowest BCUT2D eigenvalue weighted by Crippen LogP contribution is -2.39.